The van der Waals surface area contributed by atoms with Crippen LogP contribution >= 0.6 is 11.8 Å². The number of imidazole rings is 1. The number of fused-ring (bicyclic) bond motifs is 1. The lowest BCUT2D eigenvalue weighted by atomic mass is 10.1. The van der Waals surface area contributed by atoms with Gasteiger partial charge in [-0.25, -0.2) is 9.78 Å². The number of nitrogens with zero attached hydrogens (tertiary/aromatic N) is 4. The molecule has 6 rings (SSSR count). The molecule has 0 spiro atoms. The first-order valence-electron chi connectivity index (χ1n) is 15.0. The molecule has 226 valence electrons. The fourth-order valence-corrected chi connectivity index (χ4v) is 6.05. The predicted molar refractivity (Wildman–Crippen MR) is 181 cm³/mol. The van der Waals surface area contributed by atoms with E-state index in [1.165, 1.54) is 16.2 Å². The van der Waals surface area contributed by atoms with E-state index in [0.717, 1.165) is 77.9 Å². The maximum absolute atomic E-state index is 12.2. The number of amides is 2. The number of nitrogens with two attached hydrogens (primary N) is 1. The molecule has 1 saturated heterocycles. The Morgan fingerprint density at radius 1 is 0.932 bits per heavy atom. The normalized spacial score (nSPS) is 13.7. The van der Waals surface area contributed by atoms with Crippen molar-refractivity contribution < 1.29 is 9.53 Å². The van der Waals surface area contributed by atoms with Crippen LogP contribution in [0.5, 0.6) is 5.75 Å². The number of aryl methyl sites for hydroxylation is 1. The molecule has 1 aliphatic heterocycles. The van der Waals surface area contributed by atoms with Crippen LogP contribution in [0.25, 0.3) is 22.4 Å². The number of nitrogens with one attached hydrogen (secondary N) is 1. The summed E-state index contributed by atoms with van der Waals surface area (Å²) in [6.07, 6.45) is 3.05. The highest BCUT2D eigenvalue weighted by Crippen LogP contribution is 2.30. The Morgan fingerprint density at radius 3 is 2.25 bits per heavy atom. The third-order valence-electron chi connectivity index (χ3n) is 8.16. The number of para-hydroxylation sites is 1. The van der Waals surface area contributed by atoms with Gasteiger partial charge in [0.2, 0.25) is 0 Å². The van der Waals surface area contributed by atoms with Crippen molar-refractivity contribution in [2.75, 3.05) is 55.4 Å². The number of urea groups is 1. The number of piperazine rings is 1. The molecule has 0 radical (unpaired) electrons. The van der Waals surface area contributed by atoms with Crippen LogP contribution in [-0.2, 0) is 6.42 Å². The van der Waals surface area contributed by atoms with Crippen molar-refractivity contribution >= 4 is 45.9 Å². The summed E-state index contributed by atoms with van der Waals surface area (Å²) in [5.41, 5.74) is 12.8. The standard InChI is InChI=1S/C35H38N6O2S/c1-3-25-7-9-26(10-8-25)34-37-31-5-4-6-32(33(31)38-34)40-21-19-39(20-22-40)23-24-43-29-15-11-27(12-16-29)41(35(36)42)28-13-17-30(44-2)18-14-28/h4-18H,3,19-24H2,1-2H3,(H2,36,42)(H,37,38). The molecule has 2 amide bonds. The first kappa shape index (κ1) is 29.6. The first-order valence-corrected chi connectivity index (χ1v) is 16.3. The minimum atomic E-state index is -0.527. The Bertz CT molecular complexity index is 1690. The molecular weight excluding hydrogens is 568 g/mol. The lowest BCUT2D eigenvalue weighted by molar-refractivity contribution is 0.200. The zero-order chi connectivity index (χ0) is 30.5. The monoisotopic (exact) mass is 606 g/mol. The van der Waals surface area contributed by atoms with Crippen LogP contribution in [0.15, 0.2) is 95.9 Å². The van der Waals surface area contributed by atoms with E-state index < -0.39 is 6.03 Å². The van der Waals surface area contributed by atoms with Gasteiger partial charge in [0.25, 0.3) is 0 Å². The predicted octanol–water partition coefficient (Wildman–Crippen LogP) is 6.93. The number of benzene rings is 4. The van der Waals surface area contributed by atoms with Gasteiger partial charge >= 0.3 is 6.03 Å². The molecule has 0 saturated carbocycles. The van der Waals surface area contributed by atoms with Crippen LogP contribution in [0.4, 0.5) is 21.9 Å². The summed E-state index contributed by atoms with van der Waals surface area (Å²) in [7, 11) is 0. The van der Waals surface area contributed by atoms with Crippen molar-refractivity contribution in [2.45, 2.75) is 18.2 Å². The molecule has 8 nitrogen and oxygen atoms in total. The van der Waals surface area contributed by atoms with Crippen LogP contribution in [-0.4, -0.2) is 66.5 Å². The highest BCUT2D eigenvalue weighted by Gasteiger charge is 2.21. The van der Waals surface area contributed by atoms with E-state index in [2.05, 4.69) is 64.2 Å². The molecular formula is C35H38N6O2S. The smallest absolute Gasteiger partial charge is 0.323 e. The minimum absolute atomic E-state index is 0.527. The van der Waals surface area contributed by atoms with Gasteiger partial charge in [-0.2, -0.15) is 0 Å². The van der Waals surface area contributed by atoms with Gasteiger partial charge in [0.05, 0.1) is 22.6 Å². The highest BCUT2D eigenvalue weighted by molar-refractivity contribution is 7.98. The van der Waals surface area contributed by atoms with Crippen LogP contribution < -0.4 is 20.3 Å². The lowest BCUT2D eigenvalue weighted by Crippen LogP contribution is -2.47. The maximum Gasteiger partial charge on any atom is 0.323 e. The molecule has 1 fully saturated rings. The zero-order valence-electron chi connectivity index (χ0n) is 25.2. The van der Waals surface area contributed by atoms with Crippen LogP contribution in [0.3, 0.4) is 0 Å². The molecule has 5 aromatic rings. The number of hydrogen-bond donors (Lipinski definition) is 2. The van der Waals surface area contributed by atoms with E-state index >= 15 is 0 Å². The molecule has 2 heterocycles. The molecule has 0 aliphatic carbocycles. The molecule has 44 heavy (non-hydrogen) atoms. The second-order valence-corrected chi connectivity index (χ2v) is 11.7. The summed E-state index contributed by atoms with van der Waals surface area (Å²) in [6, 6.07) is 29.8. The van der Waals surface area contributed by atoms with E-state index in [-0.39, 0.29) is 0 Å². The highest BCUT2D eigenvalue weighted by atomic mass is 32.2. The number of H-pyrrole nitrogens is 1. The summed E-state index contributed by atoms with van der Waals surface area (Å²) < 4.78 is 6.06. The first-order chi connectivity index (χ1) is 21.5. The van der Waals surface area contributed by atoms with Crippen LogP contribution in [0.2, 0.25) is 0 Å². The summed E-state index contributed by atoms with van der Waals surface area (Å²) >= 11 is 1.65. The number of carbonyl (C=O) groups excluding carboxylic acids is 1. The van der Waals surface area contributed by atoms with E-state index in [9.17, 15) is 4.79 Å². The number of carbonyl (C=O) groups is 1. The van der Waals surface area contributed by atoms with E-state index in [0.29, 0.717) is 12.3 Å². The van der Waals surface area contributed by atoms with E-state index in [1.54, 1.807) is 11.8 Å². The van der Waals surface area contributed by atoms with Crippen LogP contribution in [0.1, 0.15) is 12.5 Å². The maximum atomic E-state index is 12.2. The van der Waals surface area contributed by atoms with Crippen molar-refractivity contribution in [2.24, 2.45) is 5.73 Å². The number of primary amides is 1. The molecule has 0 bridgehead atoms. The minimum Gasteiger partial charge on any atom is -0.492 e. The fourth-order valence-electron chi connectivity index (χ4n) is 5.64. The third-order valence-corrected chi connectivity index (χ3v) is 8.91. The van der Waals surface area contributed by atoms with Gasteiger partial charge in [-0.15, -0.1) is 11.8 Å². The number of aromatic nitrogens is 2. The topological polar surface area (TPSA) is 90.7 Å². The van der Waals surface area contributed by atoms with E-state index in [1.807, 2.05) is 54.8 Å². The number of rotatable bonds is 10. The van der Waals surface area contributed by atoms with Crippen molar-refractivity contribution in [1.82, 2.24) is 14.9 Å². The second-order valence-electron chi connectivity index (χ2n) is 10.9. The van der Waals surface area contributed by atoms with Gasteiger partial charge in [0.15, 0.2) is 0 Å². The van der Waals surface area contributed by atoms with Gasteiger partial charge in [-0.05, 0) is 78.9 Å². The molecule has 1 aliphatic rings. The van der Waals surface area contributed by atoms with E-state index in [4.69, 9.17) is 15.5 Å². The Kier molecular flexibility index (Phi) is 9.04. The number of ether oxygens (including phenoxy) is 1. The third kappa shape index (κ3) is 6.54. The number of hydrogen-bond acceptors (Lipinski definition) is 6. The Morgan fingerprint density at radius 2 is 1.61 bits per heavy atom. The van der Waals surface area contributed by atoms with Crippen molar-refractivity contribution in [1.29, 1.82) is 0 Å². The summed E-state index contributed by atoms with van der Waals surface area (Å²) in [6.45, 7) is 7.38. The molecule has 1 aromatic heterocycles. The zero-order valence-corrected chi connectivity index (χ0v) is 26.0. The van der Waals surface area contributed by atoms with Gasteiger partial charge in [0.1, 0.15) is 23.7 Å². The molecule has 0 atom stereocenters. The molecule has 4 aromatic carbocycles. The Labute approximate surface area is 262 Å². The SMILES string of the molecule is CCc1ccc(-c2nc3c(N4CCN(CCOc5ccc(N(C(N)=O)c6ccc(SC)cc6)cc5)CC4)cccc3[nH]2)cc1. The van der Waals surface area contributed by atoms with Crippen molar-refractivity contribution in [3.8, 4) is 17.1 Å². The summed E-state index contributed by atoms with van der Waals surface area (Å²) in [4.78, 5) is 28.3. The largest absolute Gasteiger partial charge is 0.492 e. The van der Waals surface area contributed by atoms with Gasteiger partial charge in [-0.1, -0.05) is 37.3 Å². The van der Waals surface area contributed by atoms with Gasteiger partial charge < -0.3 is 20.4 Å². The quantitative estimate of drug-likeness (QED) is 0.168. The average molecular weight is 607 g/mol. The van der Waals surface area contributed by atoms with Crippen molar-refractivity contribution in [3.05, 3.63) is 96.6 Å². The molecule has 0 unspecified atom stereocenters. The summed E-state index contributed by atoms with van der Waals surface area (Å²) in [5.74, 6) is 1.67. The fraction of sp³-hybridized carbons (Fsp3) is 0.257. The Hall–Kier alpha value is -4.47. The number of aromatic amines is 1. The second kappa shape index (κ2) is 13.4. The number of anilines is 3. The van der Waals surface area contributed by atoms with Gasteiger partial charge in [-0.3, -0.25) is 9.80 Å². The number of thioether (sulfide) groups is 1. The Balaban J connectivity index is 1.02. The molecule has 9 heteroatoms. The summed E-state index contributed by atoms with van der Waals surface area (Å²) in [5, 5.41) is 0. The lowest BCUT2D eigenvalue weighted by Gasteiger charge is -2.36. The average Bonchev–Trinajstić information content (AvgIpc) is 3.51. The van der Waals surface area contributed by atoms with Crippen LogP contribution in [0, 0.1) is 0 Å². The van der Waals surface area contributed by atoms with Crippen molar-refractivity contribution in [3.63, 3.8) is 0 Å². The molecule has 3 N–H and O–H groups in total. The van der Waals surface area contributed by atoms with Gasteiger partial charge in [0, 0.05) is 43.2 Å².